The van der Waals surface area contributed by atoms with E-state index in [1.165, 1.54) is 0 Å². The molecule has 2 fully saturated rings. The average Bonchev–Trinajstić information content (AvgIpc) is 2.76. The van der Waals surface area contributed by atoms with E-state index in [1.807, 2.05) is 0 Å². The van der Waals surface area contributed by atoms with Gasteiger partial charge in [-0.1, -0.05) is 38.5 Å². The van der Waals surface area contributed by atoms with E-state index in [0.29, 0.717) is 0 Å². The Morgan fingerprint density at radius 1 is 0.875 bits per heavy atom. The first-order valence-corrected chi connectivity index (χ1v) is 11.3. The molecule has 5 N–H and O–H groups in total. The molecular formula is C22H31N3O7. The highest BCUT2D eigenvalue weighted by Gasteiger charge is 2.32. The van der Waals surface area contributed by atoms with Crippen LogP contribution < -0.4 is 16.2 Å². The molecule has 1 aromatic rings. The monoisotopic (exact) mass is 449 g/mol. The summed E-state index contributed by atoms with van der Waals surface area (Å²) in [6.45, 7) is -0.654. The minimum absolute atomic E-state index is 0.0843. The molecule has 2 saturated carbocycles. The highest BCUT2D eigenvalue weighted by atomic mass is 16.4. The lowest BCUT2D eigenvalue weighted by atomic mass is 9.89. The van der Waals surface area contributed by atoms with Crippen LogP contribution in [0.1, 0.15) is 84.9 Å². The summed E-state index contributed by atoms with van der Waals surface area (Å²) >= 11 is 0. The van der Waals surface area contributed by atoms with E-state index in [9.17, 15) is 29.4 Å². The summed E-state index contributed by atoms with van der Waals surface area (Å²) in [4.78, 5) is 49.4. The van der Waals surface area contributed by atoms with Crippen molar-refractivity contribution in [3.05, 3.63) is 21.5 Å². The molecule has 0 atom stereocenters. The lowest BCUT2D eigenvalue weighted by molar-refractivity contribution is -0.135. The van der Waals surface area contributed by atoms with Gasteiger partial charge in [-0.15, -0.1) is 0 Å². The highest BCUT2D eigenvalue weighted by Crippen LogP contribution is 2.32. The zero-order valence-electron chi connectivity index (χ0n) is 18.1. The number of carbonyl (C=O) groups excluding carboxylic acids is 2. The molecule has 10 nitrogen and oxygen atoms in total. The van der Waals surface area contributed by atoms with Gasteiger partial charge in [0.2, 0.25) is 5.88 Å². The normalized spacial score (nSPS) is 17.6. The van der Waals surface area contributed by atoms with E-state index in [0.717, 1.165) is 68.8 Å². The molecule has 32 heavy (non-hydrogen) atoms. The SMILES string of the molecule is O=C(O)CNC(=O)c1c(O)c(C(=O)NC2CCCCC2)c(O)n(CC2CCCCC2)c1=O. The second kappa shape index (κ2) is 10.5. The highest BCUT2D eigenvalue weighted by molar-refractivity contribution is 6.05. The van der Waals surface area contributed by atoms with Gasteiger partial charge in [-0.25, -0.2) is 0 Å². The van der Waals surface area contributed by atoms with Crippen LogP contribution in [0, 0.1) is 5.92 Å². The van der Waals surface area contributed by atoms with E-state index in [4.69, 9.17) is 5.11 Å². The Balaban J connectivity index is 2.00. The Kier molecular flexibility index (Phi) is 7.76. The number of carboxylic acid groups (broad SMARTS) is 1. The van der Waals surface area contributed by atoms with Gasteiger partial charge < -0.3 is 26.0 Å². The summed E-state index contributed by atoms with van der Waals surface area (Å²) in [5.74, 6) is -4.74. The van der Waals surface area contributed by atoms with Gasteiger partial charge in [0, 0.05) is 12.6 Å². The van der Waals surface area contributed by atoms with Gasteiger partial charge in [-0.2, -0.15) is 0 Å². The molecule has 0 bridgehead atoms. The molecule has 2 aliphatic carbocycles. The van der Waals surface area contributed by atoms with E-state index in [-0.39, 0.29) is 18.5 Å². The summed E-state index contributed by atoms with van der Waals surface area (Å²) in [5, 5.41) is 35.2. The van der Waals surface area contributed by atoms with Gasteiger partial charge in [-0.05, 0) is 31.6 Å². The van der Waals surface area contributed by atoms with Crippen LogP contribution in [0.25, 0.3) is 0 Å². The fourth-order valence-corrected chi connectivity index (χ4v) is 4.66. The summed E-state index contributed by atoms with van der Waals surface area (Å²) < 4.78 is 0.959. The number of aromatic nitrogens is 1. The van der Waals surface area contributed by atoms with Gasteiger partial charge >= 0.3 is 5.97 Å². The number of nitrogens with one attached hydrogen (secondary N) is 2. The molecule has 1 heterocycles. The van der Waals surface area contributed by atoms with Gasteiger partial charge in [0.25, 0.3) is 17.4 Å². The van der Waals surface area contributed by atoms with Crippen LogP contribution in [0.3, 0.4) is 0 Å². The van der Waals surface area contributed by atoms with Crippen LogP contribution >= 0.6 is 0 Å². The summed E-state index contributed by atoms with van der Waals surface area (Å²) in [6.07, 6.45) is 9.25. The van der Waals surface area contributed by atoms with Crippen molar-refractivity contribution >= 4 is 17.8 Å². The molecule has 0 spiro atoms. The van der Waals surface area contributed by atoms with Gasteiger partial charge in [0.15, 0.2) is 5.75 Å². The predicted octanol–water partition coefficient (Wildman–Crippen LogP) is 1.72. The number of aromatic hydroxyl groups is 2. The number of rotatable bonds is 7. The van der Waals surface area contributed by atoms with Gasteiger partial charge in [-0.3, -0.25) is 23.7 Å². The molecule has 176 valence electrons. The quantitative estimate of drug-likeness (QED) is 0.424. The molecule has 0 aliphatic heterocycles. The second-order valence-corrected chi connectivity index (χ2v) is 8.73. The van der Waals surface area contributed by atoms with Gasteiger partial charge in [0.05, 0.1) is 0 Å². The zero-order valence-corrected chi connectivity index (χ0v) is 18.1. The Hall–Kier alpha value is -3.04. The smallest absolute Gasteiger partial charge is 0.322 e. The topological polar surface area (TPSA) is 158 Å². The van der Waals surface area contributed by atoms with Gasteiger partial charge in [0.1, 0.15) is 17.7 Å². The van der Waals surface area contributed by atoms with Crippen molar-refractivity contribution in [2.24, 2.45) is 5.92 Å². The minimum atomic E-state index is -1.32. The van der Waals surface area contributed by atoms with Crippen molar-refractivity contribution in [1.82, 2.24) is 15.2 Å². The molecule has 10 heteroatoms. The number of hydrogen-bond acceptors (Lipinski definition) is 6. The second-order valence-electron chi connectivity index (χ2n) is 8.73. The third-order valence-electron chi connectivity index (χ3n) is 6.37. The Bertz CT molecular complexity index is 928. The van der Waals surface area contributed by atoms with Crippen LogP contribution in [-0.2, 0) is 11.3 Å². The molecule has 2 amide bonds. The molecule has 0 aromatic carbocycles. The lowest BCUT2D eigenvalue weighted by Crippen LogP contribution is -2.40. The largest absolute Gasteiger partial charge is 0.506 e. The molecule has 0 saturated heterocycles. The molecule has 3 rings (SSSR count). The number of carboxylic acids is 1. The fourth-order valence-electron chi connectivity index (χ4n) is 4.66. The van der Waals surface area contributed by atoms with E-state index < -0.39 is 52.6 Å². The Labute approximate surface area is 185 Å². The first-order valence-electron chi connectivity index (χ1n) is 11.3. The van der Waals surface area contributed by atoms with Crippen LogP contribution in [0.4, 0.5) is 0 Å². The number of aliphatic carboxylic acids is 1. The predicted molar refractivity (Wildman–Crippen MR) is 115 cm³/mol. The standard InChI is InChI=1S/C22H31N3O7/c26-15(27)11-23-19(29)16-18(28)17(20(30)24-14-9-5-2-6-10-14)22(32)25(21(16)31)12-13-7-3-1-4-8-13/h13-14,28,32H,1-12H2,(H,23,29)(H,24,30)(H,26,27). The Morgan fingerprint density at radius 2 is 1.47 bits per heavy atom. The van der Waals surface area contributed by atoms with Crippen molar-refractivity contribution < 1.29 is 29.7 Å². The number of carbonyl (C=O) groups is 3. The summed E-state index contributed by atoms with van der Waals surface area (Å²) in [7, 11) is 0. The van der Waals surface area contributed by atoms with Crippen molar-refractivity contribution in [3.8, 4) is 11.6 Å². The maximum Gasteiger partial charge on any atom is 0.322 e. The van der Waals surface area contributed by atoms with E-state index >= 15 is 0 Å². The zero-order chi connectivity index (χ0) is 23.3. The molecule has 0 radical (unpaired) electrons. The lowest BCUT2D eigenvalue weighted by Gasteiger charge is -2.25. The minimum Gasteiger partial charge on any atom is -0.506 e. The number of hydrogen-bond donors (Lipinski definition) is 5. The number of nitrogens with zero attached hydrogens (tertiary/aromatic N) is 1. The molecule has 0 unspecified atom stereocenters. The third-order valence-corrected chi connectivity index (χ3v) is 6.37. The number of amides is 2. The molecular weight excluding hydrogens is 418 g/mol. The average molecular weight is 450 g/mol. The van der Waals surface area contributed by atoms with Crippen LogP contribution in [0.2, 0.25) is 0 Å². The van der Waals surface area contributed by atoms with Crippen molar-refractivity contribution in [3.63, 3.8) is 0 Å². The molecule has 1 aromatic heterocycles. The maximum absolute atomic E-state index is 13.0. The van der Waals surface area contributed by atoms with Crippen LogP contribution in [0.15, 0.2) is 4.79 Å². The van der Waals surface area contributed by atoms with Crippen molar-refractivity contribution in [2.45, 2.75) is 76.8 Å². The number of pyridine rings is 1. The summed E-state index contributed by atoms with van der Waals surface area (Å²) in [5.41, 5.74) is -2.23. The molecule has 2 aliphatic rings. The van der Waals surface area contributed by atoms with Crippen molar-refractivity contribution in [2.75, 3.05) is 6.54 Å². The Morgan fingerprint density at radius 3 is 2.06 bits per heavy atom. The third kappa shape index (κ3) is 5.41. The van der Waals surface area contributed by atoms with E-state index in [1.54, 1.807) is 0 Å². The van der Waals surface area contributed by atoms with Crippen LogP contribution in [0.5, 0.6) is 11.6 Å². The fraction of sp³-hybridized carbons (Fsp3) is 0.636. The summed E-state index contributed by atoms with van der Waals surface area (Å²) in [6, 6.07) is -0.127. The first-order chi connectivity index (χ1) is 15.3. The van der Waals surface area contributed by atoms with Crippen LogP contribution in [-0.4, -0.2) is 50.3 Å². The van der Waals surface area contributed by atoms with E-state index in [2.05, 4.69) is 10.6 Å². The first kappa shape index (κ1) is 23.6. The maximum atomic E-state index is 13.0. The van der Waals surface area contributed by atoms with Crippen molar-refractivity contribution in [1.29, 1.82) is 0 Å².